The van der Waals surface area contributed by atoms with E-state index < -0.39 is 34.1 Å². The monoisotopic (exact) mass is 516 g/mol. The summed E-state index contributed by atoms with van der Waals surface area (Å²) in [6, 6.07) is 3.43. The number of rotatable bonds is 8. The molecule has 0 spiro atoms. The standard InChI is InChI=1S/C20H20F4N6O2S2/c1-10-27-18(32-12-7-13(21)16(14(22)8-12)30-34(31)19(23)24)17(33-10)15-4-6-26-20(29-15)28-11-3-2-5-25-9-11/h4,6-8,11,19,25,30H,2-3,5,9H2,1H3,(H,26,28,29). The minimum Gasteiger partial charge on any atom is -0.437 e. The van der Waals surface area contributed by atoms with Crippen molar-refractivity contribution in [1.82, 2.24) is 20.3 Å². The van der Waals surface area contributed by atoms with Crippen LogP contribution in [-0.2, 0) is 11.0 Å². The molecule has 1 aliphatic heterocycles. The Morgan fingerprint density at radius 1 is 1.26 bits per heavy atom. The topological polar surface area (TPSA) is 101 Å². The highest BCUT2D eigenvalue weighted by molar-refractivity contribution is 7.86. The molecule has 2 unspecified atom stereocenters. The molecule has 0 saturated carbocycles. The number of aromatic nitrogens is 3. The first kappa shape index (κ1) is 24.3. The van der Waals surface area contributed by atoms with E-state index in [2.05, 4.69) is 25.6 Å². The molecule has 1 aromatic carbocycles. The molecule has 1 fully saturated rings. The summed E-state index contributed by atoms with van der Waals surface area (Å²) in [5, 5.41) is 7.22. The molecule has 0 radical (unpaired) electrons. The second kappa shape index (κ2) is 10.6. The van der Waals surface area contributed by atoms with Gasteiger partial charge in [0.2, 0.25) is 11.8 Å². The van der Waals surface area contributed by atoms with Gasteiger partial charge in [-0.2, -0.15) is 8.78 Å². The van der Waals surface area contributed by atoms with Gasteiger partial charge in [-0.1, -0.05) is 0 Å². The van der Waals surface area contributed by atoms with Crippen LogP contribution in [0.2, 0.25) is 0 Å². The quantitative estimate of drug-likeness (QED) is 0.381. The second-order valence-corrected chi connectivity index (χ2v) is 9.70. The van der Waals surface area contributed by atoms with Crippen molar-refractivity contribution in [3.8, 4) is 22.2 Å². The van der Waals surface area contributed by atoms with Gasteiger partial charge in [0, 0.05) is 30.9 Å². The summed E-state index contributed by atoms with van der Waals surface area (Å²) < 4.78 is 72.0. The number of nitrogens with one attached hydrogen (secondary N) is 3. The molecule has 3 heterocycles. The Morgan fingerprint density at radius 2 is 2.03 bits per heavy atom. The number of thiazole rings is 1. The first-order valence-electron chi connectivity index (χ1n) is 10.2. The van der Waals surface area contributed by atoms with Crippen LogP contribution < -0.4 is 20.1 Å². The molecule has 8 nitrogen and oxygen atoms in total. The zero-order chi connectivity index (χ0) is 24.2. The van der Waals surface area contributed by atoms with Crippen LogP contribution in [0, 0.1) is 18.6 Å². The molecule has 182 valence electrons. The first-order chi connectivity index (χ1) is 16.3. The molecule has 2 aromatic heterocycles. The number of aryl methyl sites for hydroxylation is 1. The van der Waals surface area contributed by atoms with Gasteiger partial charge in [-0.05, 0) is 32.4 Å². The van der Waals surface area contributed by atoms with Crippen LogP contribution in [0.1, 0.15) is 17.8 Å². The lowest BCUT2D eigenvalue weighted by Gasteiger charge is -2.23. The van der Waals surface area contributed by atoms with E-state index in [1.54, 1.807) is 23.9 Å². The van der Waals surface area contributed by atoms with Gasteiger partial charge in [0.1, 0.15) is 16.3 Å². The Morgan fingerprint density at radius 3 is 2.71 bits per heavy atom. The Balaban J connectivity index is 1.56. The van der Waals surface area contributed by atoms with E-state index >= 15 is 0 Å². The Kier molecular flexibility index (Phi) is 7.58. The molecule has 0 aliphatic carbocycles. The Bertz CT molecular complexity index is 1170. The molecule has 0 bridgehead atoms. The zero-order valence-electron chi connectivity index (χ0n) is 17.8. The molecular formula is C20H20F4N6O2S2. The van der Waals surface area contributed by atoms with Gasteiger partial charge in [-0.3, -0.25) is 4.72 Å². The Hall–Kier alpha value is -2.84. The van der Waals surface area contributed by atoms with Crippen LogP contribution in [0.5, 0.6) is 11.6 Å². The maximum Gasteiger partial charge on any atom is 0.330 e. The number of piperidine rings is 1. The summed E-state index contributed by atoms with van der Waals surface area (Å²) >= 11 is 1.27. The highest BCUT2D eigenvalue weighted by atomic mass is 32.2. The predicted octanol–water partition coefficient (Wildman–Crippen LogP) is 4.44. The van der Waals surface area contributed by atoms with E-state index in [1.165, 1.54) is 11.3 Å². The lowest BCUT2D eigenvalue weighted by atomic mass is 10.1. The first-order valence-corrected chi connectivity index (χ1v) is 12.2. The molecule has 2 atom stereocenters. The van der Waals surface area contributed by atoms with Gasteiger partial charge >= 0.3 is 5.76 Å². The van der Waals surface area contributed by atoms with Crippen molar-refractivity contribution in [2.45, 2.75) is 31.6 Å². The number of benzene rings is 1. The van der Waals surface area contributed by atoms with E-state index in [9.17, 15) is 21.8 Å². The summed E-state index contributed by atoms with van der Waals surface area (Å²) in [5.41, 5.74) is -0.433. The van der Waals surface area contributed by atoms with Gasteiger partial charge < -0.3 is 15.4 Å². The number of halogens is 4. The minimum absolute atomic E-state index is 0.0714. The van der Waals surface area contributed by atoms with Crippen molar-refractivity contribution < 1.29 is 26.5 Å². The number of anilines is 2. The van der Waals surface area contributed by atoms with Crippen molar-refractivity contribution in [2.24, 2.45) is 0 Å². The van der Waals surface area contributed by atoms with Crippen LogP contribution in [-0.4, -0.2) is 44.0 Å². The molecule has 1 aliphatic rings. The summed E-state index contributed by atoms with van der Waals surface area (Å²) in [5.74, 6) is -5.54. The van der Waals surface area contributed by atoms with Crippen molar-refractivity contribution in [1.29, 1.82) is 0 Å². The van der Waals surface area contributed by atoms with E-state index in [-0.39, 0.29) is 17.7 Å². The van der Waals surface area contributed by atoms with Gasteiger partial charge in [-0.25, -0.2) is 27.9 Å². The van der Waals surface area contributed by atoms with E-state index in [4.69, 9.17) is 4.74 Å². The molecule has 3 N–H and O–H groups in total. The summed E-state index contributed by atoms with van der Waals surface area (Å²) in [6.07, 6.45) is 3.62. The molecular weight excluding hydrogens is 496 g/mol. The van der Waals surface area contributed by atoms with Crippen molar-refractivity contribution in [3.63, 3.8) is 0 Å². The highest BCUT2D eigenvalue weighted by Crippen LogP contribution is 2.38. The lowest BCUT2D eigenvalue weighted by molar-refractivity contribution is 0.244. The molecule has 4 rings (SSSR count). The zero-order valence-corrected chi connectivity index (χ0v) is 19.4. The summed E-state index contributed by atoms with van der Waals surface area (Å²) in [6.45, 7) is 3.51. The Labute approximate surface area is 198 Å². The number of ether oxygens (including phenoxy) is 1. The van der Waals surface area contributed by atoms with E-state index in [0.717, 1.165) is 38.1 Å². The summed E-state index contributed by atoms with van der Waals surface area (Å²) in [7, 11) is -2.96. The van der Waals surface area contributed by atoms with Crippen molar-refractivity contribution >= 4 is 34.0 Å². The van der Waals surface area contributed by atoms with Crippen molar-refractivity contribution in [2.75, 3.05) is 23.1 Å². The third kappa shape index (κ3) is 5.80. The van der Waals surface area contributed by atoms with Crippen LogP contribution >= 0.6 is 11.3 Å². The summed E-state index contributed by atoms with van der Waals surface area (Å²) in [4.78, 5) is 13.6. The predicted molar refractivity (Wildman–Crippen MR) is 122 cm³/mol. The normalized spacial score (nSPS) is 16.9. The average Bonchev–Trinajstić information content (AvgIpc) is 3.17. The smallest absolute Gasteiger partial charge is 0.330 e. The van der Waals surface area contributed by atoms with Crippen LogP contribution in [0.3, 0.4) is 0 Å². The van der Waals surface area contributed by atoms with E-state index in [1.807, 2.05) is 0 Å². The SMILES string of the molecule is Cc1nc(Oc2cc(F)c(NS(=O)C(F)F)c(F)c2)c(-c2ccnc(NC3CCCNC3)n2)s1. The van der Waals surface area contributed by atoms with Gasteiger partial charge in [0.15, 0.2) is 22.6 Å². The largest absolute Gasteiger partial charge is 0.437 e. The third-order valence-corrected chi connectivity index (χ3v) is 6.52. The van der Waals surface area contributed by atoms with Crippen molar-refractivity contribution in [3.05, 3.63) is 41.0 Å². The minimum atomic E-state index is -3.31. The van der Waals surface area contributed by atoms with Crippen LogP contribution in [0.4, 0.5) is 29.2 Å². The maximum atomic E-state index is 14.3. The van der Waals surface area contributed by atoms with Crippen LogP contribution in [0.15, 0.2) is 24.4 Å². The fourth-order valence-corrected chi connectivity index (χ4v) is 4.62. The number of hydrogen-bond donors (Lipinski definition) is 3. The molecule has 34 heavy (non-hydrogen) atoms. The highest BCUT2D eigenvalue weighted by Gasteiger charge is 2.22. The fourth-order valence-electron chi connectivity index (χ4n) is 3.31. The lowest BCUT2D eigenvalue weighted by Crippen LogP contribution is -2.38. The number of alkyl halides is 2. The van der Waals surface area contributed by atoms with Gasteiger partial charge in [0.25, 0.3) is 0 Å². The maximum absolute atomic E-state index is 14.3. The van der Waals surface area contributed by atoms with E-state index in [0.29, 0.717) is 21.5 Å². The second-order valence-electron chi connectivity index (χ2n) is 7.34. The molecule has 1 saturated heterocycles. The van der Waals surface area contributed by atoms with Gasteiger partial charge in [0.05, 0.1) is 10.7 Å². The third-order valence-electron chi connectivity index (χ3n) is 4.82. The average molecular weight is 517 g/mol. The van der Waals surface area contributed by atoms with Crippen LogP contribution in [0.25, 0.3) is 10.6 Å². The molecule has 14 heteroatoms. The molecule has 0 amide bonds. The number of nitrogens with zero attached hydrogens (tertiary/aromatic N) is 3. The van der Waals surface area contributed by atoms with Gasteiger partial charge in [-0.15, -0.1) is 11.3 Å². The number of hydrogen-bond acceptors (Lipinski definition) is 8. The fraction of sp³-hybridized carbons (Fsp3) is 0.350. The molecule has 3 aromatic rings.